The summed E-state index contributed by atoms with van der Waals surface area (Å²) < 4.78 is 5.42. The van der Waals surface area contributed by atoms with Crippen molar-refractivity contribution in [2.24, 2.45) is 11.7 Å². The number of rotatable bonds is 7. The van der Waals surface area contributed by atoms with Crippen molar-refractivity contribution in [2.75, 3.05) is 41.8 Å². The molecular weight excluding hydrogens is 416 g/mol. The highest BCUT2D eigenvalue weighted by Gasteiger charge is 2.17. The first-order valence-electron chi connectivity index (χ1n) is 11.2. The Morgan fingerprint density at radius 1 is 1.00 bits per heavy atom. The van der Waals surface area contributed by atoms with Crippen LogP contribution in [0.25, 0.3) is 11.3 Å². The molecule has 8 heteroatoms. The van der Waals surface area contributed by atoms with Gasteiger partial charge in [0.2, 0.25) is 11.9 Å². The van der Waals surface area contributed by atoms with Crippen LogP contribution < -0.4 is 21.3 Å². The highest BCUT2D eigenvalue weighted by molar-refractivity contribution is 5.95. The smallest absolute Gasteiger partial charge is 0.241 e. The van der Waals surface area contributed by atoms with E-state index in [0.717, 1.165) is 43.2 Å². The molecule has 1 aliphatic rings. The number of morpholine rings is 1. The summed E-state index contributed by atoms with van der Waals surface area (Å²) in [6.45, 7) is 7.19. The fraction of sp³-hybridized carbons (Fsp3) is 0.320. The van der Waals surface area contributed by atoms with Gasteiger partial charge in [-0.3, -0.25) is 4.79 Å². The number of carbonyl (C=O) groups is 1. The van der Waals surface area contributed by atoms with E-state index in [2.05, 4.69) is 37.6 Å². The number of hydrogen-bond donors (Lipinski definition) is 3. The van der Waals surface area contributed by atoms with E-state index in [4.69, 9.17) is 10.5 Å². The maximum absolute atomic E-state index is 12.2. The lowest BCUT2D eigenvalue weighted by Gasteiger charge is -2.28. The van der Waals surface area contributed by atoms with Crippen molar-refractivity contribution >= 4 is 28.9 Å². The van der Waals surface area contributed by atoms with Gasteiger partial charge < -0.3 is 26.0 Å². The van der Waals surface area contributed by atoms with Crippen LogP contribution in [0.1, 0.15) is 13.8 Å². The van der Waals surface area contributed by atoms with Crippen molar-refractivity contribution in [3.05, 3.63) is 60.8 Å². The molecule has 4 N–H and O–H groups in total. The maximum Gasteiger partial charge on any atom is 0.241 e. The second kappa shape index (κ2) is 10.4. The summed E-state index contributed by atoms with van der Waals surface area (Å²) in [6.07, 6.45) is 1.73. The molecule has 1 atom stereocenters. The van der Waals surface area contributed by atoms with Gasteiger partial charge in [0, 0.05) is 41.9 Å². The van der Waals surface area contributed by atoms with Crippen molar-refractivity contribution in [3.63, 3.8) is 0 Å². The van der Waals surface area contributed by atoms with Crippen molar-refractivity contribution < 1.29 is 9.53 Å². The van der Waals surface area contributed by atoms with Crippen LogP contribution >= 0.6 is 0 Å². The Kier molecular flexibility index (Phi) is 7.16. The predicted molar refractivity (Wildman–Crippen MR) is 132 cm³/mol. The Balaban J connectivity index is 1.41. The van der Waals surface area contributed by atoms with Crippen LogP contribution in [0.2, 0.25) is 0 Å². The first-order chi connectivity index (χ1) is 16.0. The lowest BCUT2D eigenvalue weighted by Crippen LogP contribution is -2.39. The summed E-state index contributed by atoms with van der Waals surface area (Å²) in [7, 11) is 0. The largest absolute Gasteiger partial charge is 0.378 e. The number of nitrogens with zero attached hydrogens (tertiary/aromatic N) is 3. The zero-order valence-corrected chi connectivity index (χ0v) is 19.0. The van der Waals surface area contributed by atoms with Gasteiger partial charge in [-0.05, 0) is 48.4 Å². The number of carbonyl (C=O) groups excluding carboxylic acids is 1. The fourth-order valence-corrected chi connectivity index (χ4v) is 3.54. The van der Waals surface area contributed by atoms with Gasteiger partial charge in [-0.1, -0.05) is 26.0 Å². The number of amides is 1. The van der Waals surface area contributed by atoms with Crippen LogP contribution in [0.3, 0.4) is 0 Å². The number of nitrogens with two attached hydrogens (primary N) is 1. The average molecular weight is 447 g/mol. The SMILES string of the molecule is CC(C)[C@H](N)C(=O)Nc1ccc(-c2ccnc(Nc3ccc(N4CCOCC4)cc3)n2)cc1. The average Bonchev–Trinajstić information content (AvgIpc) is 2.85. The molecule has 1 saturated heterocycles. The van der Waals surface area contributed by atoms with Crippen molar-refractivity contribution in [2.45, 2.75) is 19.9 Å². The van der Waals surface area contributed by atoms with Gasteiger partial charge in [0.15, 0.2) is 0 Å². The van der Waals surface area contributed by atoms with E-state index in [1.807, 2.05) is 56.3 Å². The Morgan fingerprint density at radius 2 is 1.67 bits per heavy atom. The van der Waals surface area contributed by atoms with Crippen LogP contribution in [0, 0.1) is 5.92 Å². The maximum atomic E-state index is 12.2. The third kappa shape index (κ3) is 5.85. The molecule has 1 aromatic heterocycles. The molecule has 33 heavy (non-hydrogen) atoms. The van der Waals surface area contributed by atoms with Gasteiger partial charge in [-0.15, -0.1) is 0 Å². The molecule has 0 aliphatic carbocycles. The van der Waals surface area contributed by atoms with E-state index in [-0.39, 0.29) is 11.8 Å². The van der Waals surface area contributed by atoms with Crippen molar-refractivity contribution in [3.8, 4) is 11.3 Å². The molecule has 0 bridgehead atoms. The molecule has 172 valence electrons. The van der Waals surface area contributed by atoms with Crippen LogP contribution in [0.4, 0.5) is 23.0 Å². The topological polar surface area (TPSA) is 105 Å². The molecule has 3 aromatic rings. The third-order valence-corrected chi connectivity index (χ3v) is 5.62. The van der Waals surface area contributed by atoms with Crippen molar-refractivity contribution in [1.82, 2.24) is 9.97 Å². The van der Waals surface area contributed by atoms with Crippen LogP contribution in [0.5, 0.6) is 0 Å². The number of nitrogens with one attached hydrogen (secondary N) is 2. The molecule has 0 radical (unpaired) electrons. The molecule has 2 aromatic carbocycles. The quantitative estimate of drug-likeness (QED) is 0.509. The number of anilines is 4. The number of hydrogen-bond acceptors (Lipinski definition) is 7. The predicted octanol–water partition coefficient (Wildman–Crippen LogP) is 3.65. The lowest BCUT2D eigenvalue weighted by molar-refractivity contribution is -0.118. The van der Waals surface area contributed by atoms with Gasteiger partial charge in [0.05, 0.1) is 24.9 Å². The Hall–Kier alpha value is -3.49. The summed E-state index contributed by atoms with van der Waals surface area (Å²) >= 11 is 0. The van der Waals surface area contributed by atoms with Gasteiger partial charge in [-0.25, -0.2) is 9.97 Å². The summed E-state index contributed by atoms with van der Waals surface area (Å²) in [5, 5.41) is 6.12. The van der Waals surface area contributed by atoms with E-state index in [1.54, 1.807) is 6.20 Å². The highest BCUT2D eigenvalue weighted by Crippen LogP contribution is 2.23. The van der Waals surface area contributed by atoms with E-state index in [9.17, 15) is 4.79 Å². The second-order valence-electron chi connectivity index (χ2n) is 8.37. The zero-order chi connectivity index (χ0) is 23.2. The Bertz CT molecular complexity index is 1060. The van der Waals surface area contributed by atoms with E-state index < -0.39 is 6.04 Å². The van der Waals surface area contributed by atoms with E-state index >= 15 is 0 Å². The second-order valence-corrected chi connectivity index (χ2v) is 8.37. The standard InChI is InChI=1S/C25H30N6O2/c1-17(2)23(26)24(32)28-19-5-3-18(4-6-19)22-11-12-27-25(30-22)29-20-7-9-21(10-8-20)31-13-15-33-16-14-31/h3-12,17,23H,13-16,26H2,1-2H3,(H,28,32)(H,27,29,30)/t23-/m0/s1. The summed E-state index contributed by atoms with van der Waals surface area (Å²) in [4.78, 5) is 23.5. The fourth-order valence-electron chi connectivity index (χ4n) is 3.54. The number of aromatic nitrogens is 2. The Labute approximate surface area is 194 Å². The molecule has 0 unspecified atom stereocenters. The first kappa shape index (κ1) is 22.7. The summed E-state index contributed by atoms with van der Waals surface area (Å²) in [5.74, 6) is 0.407. The van der Waals surface area contributed by atoms with Crippen LogP contribution in [-0.2, 0) is 9.53 Å². The van der Waals surface area contributed by atoms with E-state index in [0.29, 0.717) is 11.6 Å². The van der Waals surface area contributed by atoms with Gasteiger partial charge in [0.25, 0.3) is 0 Å². The summed E-state index contributed by atoms with van der Waals surface area (Å²) in [5.41, 5.74) is 10.4. The van der Waals surface area contributed by atoms with Gasteiger partial charge in [-0.2, -0.15) is 0 Å². The molecule has 1 aliphatic heterocycles. The molecule has 0 saturated carbocycles. The summed E-state index contributed by atoms with van der Waals surface area (Å²) in [6, 6.07) is 17.1. The molecule has 4 rings (SSSR count). The number of ether oxygens (including phenoxy) is 1. The highest BCUT2D eigenvalue weighted by atomic mass is 16.5. The lowest BCUT2D eigenvalue weighted by atomic mass is 10.0. The minimum Gasteiger partial charge on any atom is -0.378 e. The molecule has 1 amide bonds. The number of benzene rings is 2. The monoisotopic (exact) mass is 446 g/mol. The Morgan fingerprint density at radius 3 is 2.33 bits per heavy atom. The van der Waals surface area contributed by atoms with Crippen LogP contribution in [0.15, 0.2) is 60.8 Å². The third-order valence-electron chi connectivity index (χ3n) is 5.62. The molecule has 1 fully saturated rings. The van der Waals surface area contributed by atoms with E-state index in [1.165, 1.54) is 5.69 Å². The normalized spacial score (nSPS) is 14.7. The molecule has 8 nitrogen and oxygen atoms in total. The van der Waals surface area contributed by atoms with Gasteiger partial charge in [0.1, 0.15) is 0 Å². The molecule has 2 heterocycles. The molecule has 0 spiro atoms. The van der Waals surface area contributed by atoms with Crippen molar-refractivity contribution in [1.29, 1.82) is 0 Å². The zero-order valence-electron chi connectivity index (χ0n) is 19.0. The minimum atomic E-state index is -0.539. The van der Waals surface area contributed by atoms with Crippen LogP contribution in [-0.4, -0.2) is 48.2 Å². The first-order valence-corrected chi connectivity index (χ1v) is 11.2. The minimum absolute atomic E-state index is 0.0757. The van der Waals surface area contributed by atoms with Gasteiger partial charge >= 0.3 is 0 Å². The molecular formula is C25H30N6O2.